The summed E-state index contributed by atoms with van der Waals surface area (Å²) < 4.78 is 10.8. The number of pyridine rings is 2. The van der Waals surface area contributed by atoms with Crippen molar-refractivity contribution in [2.45, 2.75) is 0 Å². The van der Waals surface area contributed by atoms with Crippen LogP contribution in [0.25, 0.3) is 94.9 Å². The number of para-hydroxylation sites is 3. The molecule has 0 saturated heterocycles. The number of hydrogen-bond acceptors (Lipinski definition) is 5. The fourth-order valence-electron chi connectivity index (χ4n) is 7.67. The van der Waals surface area contributed by atoms with E-state index in [9.17, 15) is 0 Å². The number of rotatable bonds is 4. The molecule has 0 atom stereocenters. The van der Waals surface area contributed by atoms with Crippen molar-refractivity contribution in [2.24, 2.45) is 0 Å². The highest BCUT2D eigenvalue weighted by molar-refractivity contribution is 6.10. The van der Waals surface area contributed by atoms with Crippen molar-refractivity contribution in [3.8, 4) is 33.9 Å². The van der Waals surface area contributed by atoms with Gasteiger partial charge in [-0.15, -0.1) is 0 Å². The van der Waals surface area contributed by atoms with Crippen LogP contribution in [0.4, 0.5) is 5.82 Å². The van der Waals surface area contributed by atoms with E-state index in [0.717, 1.165) is 72.7 Å². The molecular weight excluding hydrogens is 629 g/mol. The quantitative estimate of drug-likeness (QED) is 0.197. The summed E-state index contributed by atoms with van der Waals surface area (Å²) in [5.74, 6) is 0.999. The lowest BCUT2D eigenvalue weighted by Crippen LogP contribution is -2.20. The molecule has 10 aromatic rings. The molecule has 0 bridgehead atoms. The van der Waals surface area contributed by atoms with E-state index in [1.807, 2.05) is 36.5 Å². The molecule has 0 saturated carbocycles. The van der Waals surface area contributed by atoms with Crippen molar-refractivity contribution in [3.63, 3.8) is 0 Å². The van der Waals surface area contributed by atoms with Crippen LogP contribution in [0.1, 0.15) is 5.56 Å². The lowest BCUT2D eigenvalue weighted by molar-refractivity contribution is 0.667. The Bertz CT molecular complexity index is 3020. The summed E-state index contributed by atoms with van der Waals surface area (Å²) in [4.78, 5) is 10.4. The SMILES string of the molecule is C1=Cc2c(n(-c3ccccc3)c3cc(-c4ccc5oc6ccc(-c7ccc8c9ccccc9n(-c9ccccc9)c8c7)nc6c5n4)ccc23)NN1. The third kappa shape index (κ3) is 4.18. The molecule has 11 rings (SSSR count). The highest BCUT2D eigenvalue weighted by atomic mass is 16.3. The molecular formula is C44H28N6O. The number of anilines is 1. The largest absolute Gasteiger partial charge is 0.453 e. The van der Waals surface area contributed by atoms with Gasteiger partial charge in [0.1, 0.15) is 16.9 Å². The minimum atomic E-state index is 0.711. The maximum Gasteiger partial charge on any atom is 0.155 e. The van der Waals surface area contributed by atoms with Gasteiger partial charge in [-0.25, -0.2) is 9.97 Å². The molecule has 1 aliphatic rings. The average molecular weight is 657 g/mol. The van der Waals surface area contributed by atoms with Crippen molar-refractivity contribution >= 4 is 66.8 Å². The van der Waals surface area contributed by atoms with Gasteiger partial charge in [0.15, 0.2) is 11.2 Å². The first-order chi connectivity index (χ1) is 25.3. The summed E-state index contributed by atoms with van der Waals surface area (Å²) in [5, 5.41) is 3.59. The van der Waals surface area contributed by atoms with Gasteiger partial charge in [0.2, 0.25) is 0 Å². The number of nitrogens with one attached hydrogen (secondary N) is 2. The van der Waals surface area contributed by atoms with Crippen LogP contribution in [0.5, 0.6) is 0 Å². The smallest absolute Gasteiger partial charge is 0.155 e. The number of hydrazine groups is 1. The Morgan fingerprint density at radius 2 is 1.06 bits per heavy atom. The first-order valence-electron chi connectivity index (χ1n) is 17.0. The van der Waals surface area contributed by atoms with Crippen LogP contribution in [0.3, 0.4) is 0 Å². The van der Waals surface area contributed by atoms with Gasteiger partial charge >= 0.3 is 0 Å². The Hall–Kier alpha value is -7.12. The average Bonchev–Trinajstić information content (AvgIpc) is 3.85. The molecule has 7 nitrogen and oxygen atoms in total. The highest BCUT2D eigenvalue weighted by Crippen LogP contribution is 2.39. The lowest BCUT2D eigenvalue weighted by atomic mass is 10.1. The fourth-order valence-corrected chi connectivity index (χ4v) is 7.67. The Morgan fingerprint density at radius 3 is 1.75 bits per heavy atom. The van der Waals surface area contributed by atoms with E-state index in [0.29, 0.717) is 11.2 Å². The van der Waals surface area contributed by atoms with Gasteiger partial charge in [0.25, 0.3) is 0 Å². The van der Waals surface area contributed by atoms with Crippen molar-refractivity contribution < 1.29 is 4.42 Å². The van der Waals surface area contributed by atoms with Gasteiger partial charge in [-0.1, -0.05) is 78.9 Å². The minimum absolute atomic E-state index is 0.711. The van der Waals surface area contributed by atoms with E-state index in [2.05, 4.69) is 141 Å². The third-order valence-electron chi connectivity index (χ3n) is 9.99. The van der Waals surface area contributed by atoms with Crippen LogP contribution in [0.2, 0.25) is 0 Å². The van der Waals surface area contributed by atoms with E-state index < -0.39 is 0 Å². The molecule has 6 heterocycles. The number of aromatic nitrogens is 4. The van der Waals surface area contributed by atoms with Crippen molar-refractivity contribution in [1.82, 2.24) is 24.5 Å². The zero-order chi connectivity index (χ0) is 33.5. The first-order valence-corrected chi connectivity index (χ1v) is 17.0. The van der Waals surface area contributed by atoms with E-state index >= 15 is 0 Å². The Labute approximate surface area is 291 Å². The Kier molecular flexibility index (Phi) is 5.83. The van der Waals surface area contributed by atoms with Crippen LogP contribution in [0.15, 0.2) is 156 Å². The zero-order valence-corrected chi connectivity index (χ0v) is 27.2. The zero-order valence-electron chi connectivity index (χ0n) is 27.2. The lowest BCUT2D eigenvalue weighted by Gasteiger charge is -2.16. The van der Waals surface area contributed by atoms with Crippen molar-refractivity contribution in [2.75, 3.05) is 5.43 Å². The third-order valence-corrected chi connectivity index (χ3v) is 9.99. The van der Waals surface area contributed by atoms with Crippen molar-refractivity contribution in [1.29, 1.82) is 0 Å². The second kappa shape index (κ2) is 10.7. The molecule has 0 radical (unpaired) electrons. The summed E-state index contributed by atoms with van der Waals surface area (Å²) in [6, 6.07) is 50.7. The van der Waals surface area contributed by atoms with Crippen molar-refractivity contribution in [3.05, 3.63) is 157 Å². The van der Waals surface area contributed by atoms with Gasteiger partial charge < -0.3 is 14.4 Å². The van der Waals surface area contributed by atoms with Gasteiger partial charge in [-0.05, 0) is 72.8 Å². The Balaban J connectivity index is 1.06. The molecule has 0 spiro atoms. The molecule has 1 aliphatic heterocycles. The molecule has 2 N–H and O–H groups in total. The number of hydrogen-bond donors (Lipinski definition) is 2. The predicted molar refractivity (Wildman–Crippen MR) is 207 cm³/mol. The van der Waals surface area contributed by atoms with Crippen LogP contribution in [0, 0.1) is 0 Å². The molecule has 51 heavy (non-hydrogen) atoms. The summed E-state index contributed by atoms with van der Waals surface area (Å²) >= 11 is 0. The molecule has 0 fully saturated rings. The predicted octanol–water partition coefficient (Wildman–Crippen LogP) is 10.7. The maximum absolute atomic E-state index is 6.27. The summed E-state index contributed by atoms with van der Waals surface area (Å²) in [7, 11) is 0. The second-order valence-corrected chi connectivity index (χ2v) is 12.9. The van der Waals surface area contributed by atoms with E-state index in [1.54, 1.807) is 0 Å². The first kappa shape index (κ1) is 27.8. The molecule has 5 aromatic carbocycles. The topological polar surface area (TPSA) is 72.8 Å². The Morgan fingerprint density at radius 1 is 0.490 bits per heavy atom. The van der Waals surface area contributed by atoms with E-state index in [1.165, 1.54) is 16.3 Å². The number of benzene rings is 5. The highest BCUT2D eigenvalue weighted by Gasteiger charge is 2.20. The van der Waals surface area contributed by atoms with Gasteiger partial charge in [-0.2, -0.15) is 0 Å². The molecule has 240 valence electrons. The summed E-state index contributed by atoms with van der Waals surface area (Å²) in [6.45, 7) is 0. The molecule has 5 aromatic heterocycles. The number of fused-ring (bicyclic) bond motifs is 9. The fraction of sp³-hybridized carbons (Fsp3) is 0. The monoisotopic (exact) mass is 656 g/mol. The second-order valence-electron chi connectivity index (χ2n) is 12.9. The normalized spacial score (nSPS) is 12.5. The maximum atomic E-state index is 6.27. The standard InChI is InChI=1S/C44H28N6O/c1-3-9-29(10-4-1)49-37-14-8-7-13-31(37)32-17-15-27(25-38(32)49)35-19-21-40-42(46-35)43-41(51-40)22-20-36(47-43)28-16-18-33-34-23-24-45-48-44(34)50(39(33)26-28)30-11-5-2-6-12-30/h1-26,45,48H. The van der Waals surface area contributed by atoms with Gasteiger partial charge in [-0.3, -0.25) is 9.99 Å². The summed E-state index contributed by atoms with van der Waals surface area (Å²) in [6.07, 6.45) is 4.03. The van der Waals surface area contributed by atoms with Crippen LogP contribution < -0.4 is 10.9 Å². The van der Waals surface area contributed by atoms with E-state index in [-0.39, 0.29) is 0 Å². The number of nitrogens with zero attached hydrogens (tertiary/aromatic N) is 4. The minimum Gasteiger partial charge on any atom is -0.453 e. The van der Waals surface area contributed by atoms with Crippen LogP contribution >= 0.6 is 0 Å². The molecule has 0 unspecified atom stereocenters. The molecule has 7 heteroatoms. The summed E-state index contributed by atoms with van der Waals surface area (Å²) in [5.41, 5.74) is 19.9. The van der Waals surface area contributed by atoms with Gasteiger partial charge in [0, 0.05) is 50.4 Å². The number of furan rings is 1. The van der Waals surface area contributed by atoms with E-state index in [4.69, 9.17) is 14.4 Å². The van der Waals surface area contributed by atoms with Crippen LogP contribution in [-0.4, -0.2) is 19.1 Å². The van der Waals surface area contributed by atoms with Gasteiger partial charge in [0.05, 0.1) is 27.9 Å². The van der Waals surface area contributed by atoms with Crippen LogP contribution in [-0.2, 0) is 0 Å². The molecule has 0 amide bonds. The molecule has 0 aliphatic carbocycles.